The first-order valence-corrected chi connectivity index (χ1v) is 8.15. The first-order valence-electron chi connectivity index (χ1n) is 7.33. The number of carbonyl (C=O) groups excluding carboxylic acids is 2. The van der Waals surface area contributed by atoms with E-state index in [-0.39, 0.29) is 11.1 Å². The molecule has 0 atom stereocenters. The maximum Gasteiger partial charge on any atom is 0.290 e. The highest BCUT2D eigenvalue weighted by Crippen LogP contribution is 2.26. The highest BCUT2D eigenvalue weighted by atomic mass is 32.2. The smallest absolute Gasteiger partial charge is 0.290 e. The van der Waals surface area contributed by atoms with Crippen molar-refractivity contribution in [3.63, 3.8) is 0 Å². The summed E-state index contributed by atoms with van der Waals surface area (Å²) in [5, 5.41) is 5.04. The van der Waals surface area contributed by atoms with E-state index in [4.69, 9.17) is 4.74 Å². The highest BCUT2D eigenvalue weighted by molar-refractivity contribution is 8.18. The predicted octanol–water partition coefficient (Wildman–Crippen LogP) is 2.90. The van der Waals surface area contributed by atoms with Gasteiger partial charge in [-0.2, -0.15) is 0 Å². The molecule has 1 aromatic carbocycles. The van der Waals surface area contributed by atoms with Crippen LogP contribution in [0.25, 0.3) is 6.08 Å². The van der Waals surface area contributed by atoms with Crippen LogP contribution in [0.1, 0.15) is 5.56 Å². The second-order valence-electron chi connectivity index (χ2n) is 4.91. The van der Waals surface area contributed by atoms with E-state index in [1.165, 1.54) is 0 Å². The molecule has 0 saturated carbocycles. The number of hydrogen-bond donors (Lipinski definition) is 2. The van der Waals surface area contributed by atoms with Crippen LogP contribution in [0.3, 0.4) is 0 Å². The fraction of sp³-hybridized carbons (Fsp3) is 0.118. The molecule has 2 heterocycles. The molecular formula is C17H15N3O3S. The van der Waals surface area contributed by atoms with E-state index >= 15 is 0 Å². The van der Waals surface area contributed by atoms with Gasteiger partial charge in [0, 0.05) is 6.20 Å². The number of carbonyl (C=O) groups is 2. The van der Waals surface area contributed by atoms with Gasteiger partial charge in [0.05, 0.1) is 11.4 Å². The fourth-order valence-electron chi connectivity index (χ4n) is 2.05. The summed E-state index contributed by atoms with van der Waals surface area (Å²) in [6.45, 7) is 1.14. The normalized spacial score (nSPS) is 15.4. The number of amides is 2. The van der Waals surface area contributed by atoms with Crippen LogP contribution in [0.15, 0.2) is 53.6 Å². The third-order valence-corrected chi connectivity index (χ3v) is 3.97. The molecule has 1 fully saturated rings. The van der Waals surface area contributed by atoms with E-state index in [0.29, 0.717) is 18.1 Å². The van der Waals surface area contributed by atoms with Crippen LogP contribution in [0.4, 0.5) is 10.6 Å². The summed E-state index contributed by atoms with van der Waals surface area (Å²) in [5.74, 6) is 1.19. The zero-order chi connectivity index (χ0) is 16.8. The minimum absolute atomic E-state index is 0.341. The molecule has 0 spiro atoms. The number of nitrogens with zero attached hydrogens (tertiary/aromatic N) is 1. The van der Waals surface area contributed by atoms with Gasteiger partial charge >= 0.3 is 0 Å². The predicted molar refractivity (Wildman–Crippen MR) is 93.8 cm³/mol. The first-order chi connectivity index (χ1) is 11.7. The number of hydrogen-bond acceptors (Lipinski definition) is 6. The van der Waals surface area contributed by atoms with Gasteiger partial charge in [-0.3, -0.25) is 14.9 Å². The number of benzene rings is 1. The number of pyridine rings is 1. The number of anilines is 1. The molecule has 0 bridgehead atoms. The maximum absolute atomic E-state index is 11.5. The second-order valence-corrected chi connectivity index (χ2v) is 5.93. The van der Waals surface area contributed by atoms with Gasteiger partial charge in [-0.05, 0) is 47.7 Å². The Balaban J connectivity index is 1.49. The molecule has 1 saturated heterocycles. The van der Waals surface area contributed by atoms with Crippen LogP contribution < -0.4 is 15.4 Å². The average Bonchev–Trinajstić information content (AvgIpc) is 2.91. The molecule has 0 radical (unpaired) electrons. The van der Waals surface area contributed by atoms with Crippen molar-refractivity contribution in [3.05, 3.63) is 59.1 Å². The lowest BCUT2D eigenvalue weighted by molar-refractivity contribution is -0.115. The van der Waals surface area contributed by atoms with E-state index in [2.05, 4.69) is 15.6 Å². The van der Waals surface area contributed by atoms with Crippen LogP contribution in [-0.4, -0.2) is 29.3 Å². The summed E-state index contributed by atoms with van der Waals surface area (Å²) in [4.78, 5) is 27.2. The van der Waals surface area contributed by atoms with Crippen molar-refractivity contribution < 1.29 is 14.3 Å². The van der Waals surface area contributed by atoms with Crippen molar-refractivity contribution in [2.75, 3.05) is 18.5 Å². The summed E-state index contributed by atoms with van der Waals surface area (Å²) >= 11 is 0.904. The van der Waals surface area contributed by atoms with E-state index in [0.717, 1.165) is 28.9 Å². The second kappa shape index (κ2) is 7.65. The average molecular weight is 341 g/mol. The minimum atomic E-state index is -0.356. The lowest BCUT2D eigenvalue weighted by atomic mass is 10.2. The third kappa shape index (κ3) is 4.36. The lowest BCUT2D eigenvalue weighted by Crippen LogP contribution is -2.17. The van der Waals surface area contributed by atoms with Crippen LogP contribution in [0, 0.1) is 0 Å². The molecule has 1 aromatic heterocycles. The van der Waals surface area contributed by atoms with Crippen molar-refractivity contribution in [2.24, 2.45) is 0 Å². The topological polar surface area (TPSA) is 80.3 Å². The van der Waals surface area contributed by atoms with Gasteiger partial charge in [0.1, 0.15) is 18.2 Å². The summed E-state index contributed by atoms with van der Waals surface area (Å²) in [6.07, 6.45) is 3.41. The van der Waals surface area contributed by atoms with Crippen molar-refractivity contribution in [2.45, 2.75) is 0 Å². The molecule has 122 valence electrons. The largest absolute Gasteiger partial charge is 0.492 e. The van der Waals surface area contributed by atoms with Crippen LogP contribution >= 0.6 is 11.8 Å². The third-order valence-electron chi connectivity index (χ3n) is 3.16. The molecule has 0 unspecified atom stereocenters. The zero-order valence-electron chi connectivity index (χ0n) is 12.7. The first kappa shape index (κ1) is 16.1. The number of rotatable bonds is 6. The maximum atomic E-state index is 11.5. The summed E-state index contributed by atoms with van der Waals surface area (Å²) < 4.78 is 5.64. The Bertz CT molecular complexity index is 760. The SMILES string of the molecule is O=C1NC(=O)C(=Cc2ccc(OCCNc3ccccn3)cc2)S1. The molecule has 24 heavy (non-hydrogen) atoms. The molecule has 6 nitrogen and oxygen atoms in total. The molecular weight excluding hydrogens is 326 g/mol. The van der Waals surface area contributed by atoms with E-state index in [1.807, 2.05) is 42.5 Å². The van der Waals surface area contributed by atoms with Gasteiger partial charge in [-0.25, -0.2) is 4.98 Å². The van der Waals surface area contributed by atoms with Crippen molar-refractivity contribution >= 4 is 34.8 Å². The Morgan fingerprint density at radius 3 is 2.67 bits per heavy atom. The van der Waals surface area contributed by atoms with Crippen LogP contribution in [0.5, 0.6) is 5.75 Å². The van der Waals surface area contributed by atoms with E-state index < -0.39 is 0 Å². The quantitative estimate of drug-likeness (QED) is 0.621. The molecule has 0 aliphatic carbocycles. The Kier molecular flexibility index (Phi) is 5.12. The number of aromatic nitrogens is 1. The van der Waals surface area contributed by atoms with E-state index in [9.17, 15) is 9.59 Å². The molecule has 1 aliphatic heterocycles. The molecule has 3 rings (SSSR count). The number of imide groups is 1. The number of thioether (sulfide) groups is 1. The minimum Gasteiger partial charge on any atom is -0.492 e. The van der Waals surface area contributed by atoms with E-state index in [1.54, 1.807) is 12.3 Å². The Morgan fingerprint density at radius 1 is 1.17 bits per heavy atom. The van der Waals surface area contributed by atoms with Gasteiger partial charge < -0.3 is 10.1 Å². The fourth-order valence-corrected chi connectivity index (χ4v) is 2.73. The van der Waals surface area contributed by atoms with Gasteiger partial charge in [0.15, 0.2) is 0 Å². The summed E-state index contributed by atoms with van der Waals surface area (Å²) in [7, 11) is 0. The molecule has 2 N–H and O–H groups in total. The molecule has 2 amide bonds. The van der Waals surface area contributed by atoms with Crippen LogP contribution in [0.2, 0.25) is 0 Å². The van der Waals surface area contributed by atoms with Gasteiger partial charge in [0.2, 0.25) is 0 Å². The van der Waals surface area contributed by atoms with Gasteiger partial charge in [0.25, 0.3) is 11.1 Å². The molecule has 2 aromatic rings. The Labute approximate surface area is 143 Å². The standard InChI is InChI=1S/C17H15N3O3S/c21-16-14(24-17(22)20-16)11-12-4-6-13(7-5-12)23-10-9-19-15-3-1-2-8-18-15/h1-8,11H,9-10H2,(H,18,19)(H,20,21,22). The highest BCUT2D eigenvalue weighted by Gasteiger charge is 2.24. The van der Waals surface area contributed by atoms with Crippen molar-refractivity contribution in [1.29, 1.82) is 0 Å². The van der Waals surface area contributed by atoms with Crippen molar-refractivity contribution in [1.82, 2.24) is 10.3 Å². The number of nitrogens with one attached hydrogen (secondary N) is 2. The monoisotopic (exact) mass is 341 g/mol. The van der Waals surface area contributed by atoms with Crippen LogP contribution in [-0.2, 0) is 4.79 Å². The molecule has 7 heteroatoms. The lowest BCUT2D eigenvalue weighted by Gasteiger charge is -2.08. The Morgan fingerprint density at radius 2 is 2.00 bits per heavy atom. The Hall–Kier alpha value is -2.80. The van der Waals surface area contributed by atoms with Gasteiger partial charge in [-0.15, -0.1) is 0 Å². The number of ether oxygens (including phenoxy) is 1. The molecule has 1 aliphatic rings. The van der Waals surface area contributed by atoms with Gasteiger partial charge in [-0.1, -0.05) is 18.2 Å². The van der Waals surface area contributed by atoms with Crippen molar-refractivity contribution in [3.8, 4) is 5.75 Å². The summed E-state index contributed by atoms with van der Waals surface area (Å²) in [6, 6.07) is 13.0. The summed E-state index contributed by atoms with van der Waals surface area (Å²) in [5.41, 5.74) is 0.835. The zero-order valence-corrected chi connectivity index (χ0v) is 13.5.